The highest BCUT2D eigenvalue weighted by molar-refractivity contribution is 6.07. The number of hydrogen-bond acceptors (Lipinski definition) is 7. The van der Waals surface area contributed by atoms with Gasteiger partial charge in [-0.1, -0.05) is 0 Å². The Morgan fingerprint density at radius 3 is 2.42 bits per heavy atom. The van der Waals surface area contributed by atoms with E-state index in [2.05, 4.69) is 10.6 Å². The van der Waals surface area contributed by atoms with Crippen LogP contribution in [0.5, 0.6) is 0 Å². The number of Topliss-reactive ketones (excluding diaryl/α,β-unsaturated/α-hetero) is 1. The zero-order valence-electron chi connectivity index (χ0n) is 18.3. The van der Waals surface area contributed by atoms with Gasteiger partial charge in [-0.2, -0.15) is 0 Å². The Labute approximate surface area is 181 Å². The molecule has 1 unspecified atom stereocenters. The van der Waals surface area contributed by atoms with Crippen molar-refractivity contribution in [1.29, 1.82) is 0 Å². The number of benzene rings is 1. The Bertz CT molecular complexity index is 884. The van der Waals surface area contributed by atoms with Crippen LogP contribution in [-0.4, -0.2) is 60.6 Å². The summed E-state index contributed by atoms with van der Waals surface area (Å²) < 4.78 is 10.1. The molecular weight excluding hydrogens is 402 g/mol. The van der Waals surface area contributed by atoms with Gasteiger partial charge in [-0.3, -0.25) is 9.59 Å². The molecule has 1 atom stereocenters. The first kappa shape index (κ1) is 22.6. The molecule has 1 fully saturated rings. The minimum atomic E-state index is -0.864. The number of carbonyl (C=O) groups is 4. The SMILES string of the molecule is COC(=O)c1ccc2c(c1)NC(C(=O)CC1CCN(C(=O)OC(C)(C)C)CC1)NC2=O. The summed E-state index contributed by atoms with van der Waals surface area (Å²) in [4.78, 5) is 50.8. The number of ketones is 1. The van der Waals surface area contributed by atoms with Gasteiger partial charge in [0.25, 0.3) is 5.91 Å². The average Bonchev–Trinajstić information content (AvgIpc) is 2.71. The van der Waals surface area contributed by atoms with E-state index < -0.39 is 17.7 Å². The molecule has 1 aromatic rings. The number of hydrogen-bond donors (Lipinski definition) is 2. The van der Waals surface area contributed by atoms with Crippen LogP contribution in [0.3, 0.4) is 0 Å². The number of fused-ring (bicyclic) bond motifs is 1. The van der Waals surface area contributed by atoms with E-state index in [-0.39, 0.29) is 30.1 Å². The largest absolute Gasteiger partial charge is 0.465 e. The predicted molar refractivity (Wildman–Crippen MR) is 113 cm³/mol. The molecule has 2 aliphatic heterocycles. The summed E-state index contributed by atoms with van der Waals surface area (Å²) in [5, 5.41) is 5.69. The number of anilines is 1. The number of carbonyl (C=O) groups excluding carboxylic acids is 4. The van der Waals surface area contributed by atoms with Crippen molar-refractivity contribution >= 4 is 29.4 Å². The van der Waals surface area contributed by atoms with Crippen molar-refractivity contribution in [3.63, 3.8) is 0 Å². The van der Waals surface area contributed by atoms with Crippen molar-refractivity contribution in [3.05, 3.63) is 29.3 Å². The number of nitrogens with one attached hydrogen (secondary N) is 2. The third-order valence-corrected chi connectivity index (χ3v) is 5.34. The summed E-state index contributed by atoms with van der Waals surface area (Å²) in [6.45, 7) is 6.54. The quantitative estimate of drug-likeness (QED) is 0.704. The van der Waals surface area contributed by atoms with Crippen LogP contribution in [0, 0.1) is 5.92 Å². The second kappa shape index (κ2) is 8.95. The third kappa shape index (κ3) is 5.53. The maximum Gasteiger partial charge on any atom is 0.410 e. The van der Waals surface area contributed by atoms with E-state index in [9.17, 15) is 19.2 Å². The lowest BCUT2D eigenvalue weighted by Crippen LogP contribution is -2.50. The van der Waals surface area contributed by atoms with Crippen LogP contribution < -0.4 is 10.6 Å². The number of ether oxygens (including phenoxy) is 2. The van der Waals surface area contributed by atoms with Gasteiger partial charge in [0.1, 0.15) is 5.60 Å². The summed E-state index contributed by atoms with van der Waals surface area (Å²) in [6, 6.07) is 4.54. The highest BCUT2D eigenvalue weighted by Gasteiger charge is 2.32. The second-order valence-electron chi connectivity index (χ2n) is 8.88. The number of likely N-dealkylation sites (tertiary alicyclic amines) is 1. The van der Waals surface area contributed by atoms with E-state index in [1.165, 1.54) is 25.3 Å². The standard InChI is InChI=1S/C22H29N3O6/c1-22(2,3)31-21(29)25-9-7-13(8-10-25)11-17(26)18-23-16-12-14(20(28)30-4)5-6-15(16)19(27)24-18/h5-6,12-13,18,23H,7-11H2,1-4H3,(H,24,27). The van der Waals surface area contributed by atoms with Crippen molar-refractivity contribution < 1.29 is 28.7 Å². The highest BCUT2D eigenvalue weighted by Crippen LogP contribution is 2.26. The lowest BCUT2D eigenvalue weighted by Gasteiger charge is -2.34. The second-order valence-corrected chi connectivity index (χ2v) is 8.88. The summed E-state index contributed by atoms with van der Waals surface area (Å²) in [5.41, 5.74) is 0.537. The molecule has 0 spiro atoms. The van der Waals surface area contributed by atoms with Crippen molar-refractivity contribution in [2.75, 3.05) is 25.5 Å². The number of amides is 2. The van der Waals surface area contributed by atoms with E-state index in [1.807, 2.05) is 20.8 Å². The minimum absolute atomic E-state index is 0.118. The molecule has 2 heterocycles. The van der Waals surface area contributed by atoms with Crippen molar-refractivity contribution in [2.45, 2.75) is 51.8 Å². The Morgan fingerprint density at radius 2 is 1.81 bits per heavy atom. The Morgan fingerprint density at radius 1 is 1.13 bits per heavy atom. The van der Waals surface area contributed by atoms with E-state index in [4.69, 9.17) is 9.47 Å². The maximum atomic E-state index is 12.8. The van der Waals surface area contributed by atoms with Gasteiger partial charge in [-0.05, 0) is 57.7 Å². The fourth-order valence-electron chi connectivity index (χ4n) is 3.72. The summed E-state index contributed by atoms with van der Waals surface area (Å²) in [5.74, 6) is -0.913. The number of nitrogens with zero attached hydrogens (tertiary/aromatic N) is 1. The Balaban J connectivity index is 1.57. The van der Waals surface area contributed by atoms with Crippen molar-refractivity contribution in [1.82, 2.24) is 10.2 Å². The molecule has 9 nitrogen and oxygen atoms in total. The molecule has 0 bridgehead atoms. The van der Waals surface area contributed by atoms with Crippen LogP contribution in [0.4, 0.5) is 10.5 Å². The van der Waals surface area contributed by atoms with Crippen LogP contribution in [0.1, 0.15) is 60.7 Å². The first-order valence-electron chi connectivity index (χ1n) is 10.4. The molecule has 168 valence electrons. The molecular formula is C22H29N3O6. The molecule has 31 heavy (non-hydrogen) atoms. The van der Waals surface area contributed by atoms with Gasteiger partial charge in [0, 0.05) is 25.2 Å². The van der Waals surface area contributed by atoms with Crippen LogP contribution in [0.15, 0.2) is 18.2 Å². The lowest BCUT2D eigenvalue weighted by molar-refractivity contribution is -0.121. The maximum absolute atomic E-state index is 12.8. The Kier molecular flexibility index (Phi) is 6.52. The molecule has 2 N–H and O–H groups in total. The molecule has 1 aromatic carbocycles. The number of rotatable bonds is 4. The highest BCUT2D eigenvalue weighted by atomic mass is 16.6. The van der Waals surface area contributed by atoms with Crippen molar-refractivity contribution in [2.24, 2.45) is 5.92 Å². The summed E-state index contributed by atoms with van der Waals surface area (Å²) in [7, 11) is 1.28. The van der Waals surface area contributed by atoms with Crippen molar-refractivity contribution in [3.8, 4) is 0 Å². The van der Waals surface area contributed by atoms with Crippen LogP contribution in [-0.2, 0) is 14.3 Å². The van der Waals surface area contributed by atoms with Crippen LogP contribution in [0.2, 0.25) is 0 Å². The molecule has 1 saturated heterocycles. The van der Waals surface area contributed by atoms with Gasteiger partial charge in [0.2, 0.25) is 0 Å². The smallest absolute Gasteiger partial charge is 0.410 e. The van der Waals surface area contributed by atoms with E-state index in [1.54, 1.807) is 4.90 Å². The molecule has 3 rings (SSSR count). The van der Waals surface area contributed by atoms with Gasteiger partial charge >= 0.3 is 12.1 Å². The van der Waals surface area contributed by atoms with E-state index in [0.717, 1.165) is 0 Å². The first-order valence-corrected chi connectivity index (χ1v) is 10.4. The Hall–Kier alpha value is -3.10. The first-order chi connectivity index (χ1) is 14.6. The third-order valence-electron chi connectivity index (χ3n) is 5.34. The predicted octanol–water partition coefficient (Wildman–Crippen LogP) is 2.56. The molecule has 2 amide bonds. The monoisotopic (exact) mass is 431 g/mol. The summed E-state index contributed by atoms with van der Waals surface area (Å²) >= 11 is 0. The van der Waals surface area contributed by atoms with Gasteiger partial charge in [-0.15, -0.1) is 0 Å². The molecule has 0 radical (unpaired) electrons. The van der Waals surface area contributed by atoms with Crippen LogP contribution >= 0.6 is 0 Å². The van der Waals surface area contributed by atoms with E-state index in [0.29, 0.717) is 42.7 Å². The van der Waals surface area contributed by atoms with Crippen LogP contribution in [0.25, 0.3) is 0 Å². The van der Waals surface area contributed by atoms with E-state index >= 15 is 0 Å². The number of esters is 1. The van der Waals surface area contributed by atoms with Gasteiger partial charge in [0.15, 0.2) is 11.9 Å². The molecule has 0 aliphatic carbocycles. The number of piperidine rings is 1. The molecule has 0 saturated carbocycles. The average molecular weight is 431 g/mol. The number of methoxy groups -OCH3 is 1. The fraction of sp³-hybridized carbons (Fsp3) is 0.545. The topological polar surface area (TPSA) is 114 Å². The van der Waals surface area contributed by atoms with Gasteiger partial charge < -0.3 is 25.0 Å². The summed E-state index contributed by atoms with van der Waals surface area (Å²) in [6.07, 6.45) is 0.462. The zero-order chi connectivity index (χ0) is 22.8. The molecule has 0 aromatic heterocycles. The van der Waals surface area contributed by atoms with Gasteiger partial charge in [0.05, 0.1) is 18.2 Å². The molecule has 2 aliphatic rings. The fourth-order valence-corrected chi connectivity index (χ4v) is 3.72. The van der Waals surface area contributed by atoms with Gasteiger partial charge in [-0.25, -0.2) is 9.59 Å². The zero-order valence-corrected chi connectivity index (χ0v) is 18.3. The molecule has 9 heteroatoms. The normalized spacial score (nSPS) is 19.0. The minimum Gasteiger partial charge on any atom is -0.465 e. The lowest BCUT2D eigenvalue weighted by atomic mass is 9.90.